The van der Waals surface area contributed by atoms with Gasteiger partial charge in [-0.2, -0.15) is 4.36 Å². The predicted molar refractivity (Wildman–Crippen MR) is 145 cm³/mol. The van der Waals surface area contributed by atoms with Crippen LogP contribution in [0, 0.1) is 18.8 Å². The average molecular weight is 564 g/mol. The molecule has 0 unspecified atom stereocenters. The van der Waals surface area contributed by atoms with E-state index in [9.17, 15) is 23.4 Å². The van der Waals surface area contributed by atoms with Crippen LogP contribution in [0.25, 0.3) is 0 Å². The second-order valence-corrected chi connectivity index (χ2v) is 11.3. The second kappa shape index (κ2) is 12.3. The standard InChI is InChI=1S/C27H25N5O7S/c1-18-7-10-39-24(18)26(36)30-22-4-2-3-19(14-22)5-6-20-13-21(16-28-15-20)25(35)31-40(38)11-8-32(9-12-40)27(37)29-17-23(33)34/h2-4,7,10,13-16H,8-9,11-12,17H2,1H3,(H,29,37)(H,30,36)(H,33,34). The maximum absolute atomic E-state index is 13.1. The van der Waals surface area contributed by atoms with Crippen LogP contribution in [0.15, 0.2) is 63.8 Å². The van der Waals surface area contributed by atoms with Crippen molar-refractivity contribution in [2.24, 2.45) is 4.36 Å². The minimum absolute atomic E-state index is 0.0154. The molecule has 1 aromatic carbocycles. The molecule has 206 valence electrons. The summed E-state index contributed by atoms with van der Waals surface area (Å²) in [5.41, 5.74) is 2.41. The maximum atomic E-state index is 13.1. The lowest BCUT2D eigenvalue weighted by Crippen LogP contribution is -2.49. The lowest BCUT2D eigenvalue weighted by atomic mass is 10.1. The van der Waals surface area contributed by atoms with Gasteiger partial charge < -0.3 is 25.1 Å². The molecule has 1 saturated heterocycles. The summed E-state index contributed by atoms with van der Waals surface area (Å²) in [6.07, 6.45) is 4.23. The quantitative estimate of drug-likeness (QED) is 0.397. The number of furan rings is 1. The molecule has 13 heteroatoms. The zero-order valence-electron chi connectivity index (χ0n) is 21.4. The number of carboxylic acid groups (broad SMARTS) is 1. The number of nitrogens with zero attached hydrogens (tertiary/aromatic N) is 3. The second-order valence-electron chi connectivity index (χ2n) is 8.80. The molecule has 0 saturated carbocycles. The van der Waals surface area contributed by atoms with E-state index >= 15 is 0 Å². The minimum atomic E-state index is -2.90. The Bertz CT molecular complexity index is 1650. The number of rotatable bonds is 5. The average Bonchev–Trinajstić information content (AvgIpc) is 3.37. The molecule has 40 heavy (non-hydrogen) atoms. The van der Waals surface area contributed by atoms with Crippen molar-refractivity contribution in [3.05, 3.63) is 83.1 Å². The number of carboxylic acids is 1. The monoisotopic (exact) mass is 563 g/mol. The fourth-order valence-electron chi connectivity index (χ4n) is 3.72. The molecule has 3 aromatic rings. The van der Waals surface area contributed by atoms with Crippen LogP contribution >= 0.6 is 0 Å². The van der Waals surface area contributed by atoms with Crippen LogP contribution in [0.1, 0.15) is 37.6 Å². The van der Waals surface area contributed by atoms with Gasteiger partial charge in [-0.05, 0) is 37.3 Å². The van der Waals surface area contributed by atoms with Gasteiger partial charge in [0.05, 0.1) is 33.1 Å². The van der Waals surface area contributed by atoms with Crippen molar-refractivity contribution in [2.75, 3.05) is 36.5 Å². The summed E-state index contributed by atoms with van der Waals surface area (Å²) in [4.78, 5) is 53.2. The summed E-state index contributed by atoms with van der Waals surface area (Å²) < 4.78 is 22.2. The van der Waals surface area contributed by atoms with Crippen molar-refractivity contribution in [1.29, 1.82) is 0 Å². The Hall–Kier alpha value is -4.96. The molecule has 3 N–H and O–H groups in total. The normalized spacial score (nSPS) is 13.9. The molecule has 0 atom stereocenters. The predicted octanol–water partition coefficient (Wildman–Crippen LogP) is 2.35. The Kier molecular flexibility index (Phi) is 8.60. The first-order valence-electron chi connectivity index (χ1n) is 12.1. The van der Waals surface area contributed by atoms with Crippen molar-refractivity contribution in [3.63, 3.8) is 0 Å². The molecule has 12 nitrogen and oxygen atoms in total. The molecule has 4 amide bonds. The van der Waals surface area contributed by atoms with E-state index in [1.165, 1.54) is 29.6 Å². The van der Waals surface area contributed by atoms with Crippen LogP contribution < -0.4 is 10.6 Å². The van der Waals surface area contributed by atoms with Gasteiger partial charge in [-0.15, -0.1) is 0 Å². The SMILES string of the molecule is Cc1ccoc1C(=O)Nc1cccc(C#Cc2cncc(C(=O)N=S3(=O)CCN(C(=O)NCC(=O)O)CC3)c2)c1. The maximum Gasteiger partial charge on any atom is 0.323 e. The van der Waals surface area contributed by atoms with Gasteiger partial charge in [0.15, 0.2) is 5.76 Å². The number of carbonyl (C=O) groups is 4. The first kappa shape index (κ1) is 28.1. The Morgan fingerprint density at radius 1 is 1.10 bits per heavy atom. The number of amides is 4. The zero-order valence-corrected chi connectivity index (χ0v) is 22.2. The number of pyridine rings is 1. The number of nitrogens with one attached hydrogen (secondary N) is 2. The van der Waals surface area contributed by atoms with Crippen molar-refractivity contribution < 1.29 is 32.9 Å². The lowest BCUT2D eigenvalue weighted by molar-refractivity contribution is -0.135. The third-order valence-corrected chi connectivity index (χ3v) is 7.95. The fourth-order valence-corrected chi connectivity index (χ4v) is 5.52. The summed E-state index contributed by atoms with van der Waals surface area (Å²) in [5.74, 6) is 3.83. The van der Waals surface area contributed by atoms with Crippen LogP contribution in [0.5, 0.6) is 0 Å². The molecule has 2 aromatic heterocycles. The highest BCUT2D eigenvalue weighted by atomic mass is 32.2. The third-order valence-electron chi connectivity index (χ3n) is 5.81. The van der Waals surface area contributed by atoms with E-state index in [1.807, 2.05) is 0 Å². The van der Waals surface area contributed by atoms with Gasteiger partial charge in [-0.3, -0.25) is 19.4 Å². The van der Waals surface area contributed by atoms with Crippen LogP contribution in [0.3, 0.4) is 0 Å². The highest BCUT2D eigenvalue weighted by molar-refractivity contribution is 7.94. The van der Waals surface area contributed by atoms with Crippen LogP contribution in [0.2, 0.25) is 0 Å². The Balaban J connectivity index is 1.41. The molecule has 0 bridgehead atoms. The van der Waals surface area contributed by atoms with E-state index in [0.717, 1.165) is 5.56 Å². The van der Waals surface area contributed by atoms with Crippen molar-refractivity contribution >= 4 is 39.2 Å². The van der Waals surface area contributed by atoms with E-state index in [2.05, 4.69) is 31.8 Å². The Labute approximate surface area is 230 Å². The molecule has 1 aliphatic heterocycles. The smallest absolute Gasteiger partial charge is 0.323 e. The number of aliphatic carboxylic acids is 1. The summed E-state index contributed by atoms with van der Waals surface area (Å²) in [6, 6.07) is 9.53. The third kappa shape index (κ3) is 7.33. The molecular weight excluding hydrogens is 538 g/mol. The van der Waals surface area contributed by atoms with E-state index in [4.69, 9.17) is 9.52 Å². The van der Waals surface area contributed by atoms with Gasteiger partial charge in [-0.1, -0.05) is 17.9 Å². The summed E-state index contributed by atoms with van der Waals surface area (Å²) in [5, 5.41) is 13.7. The van der Waals surface area contributed by atoms with Gasteiger partial charge >= 0.3 is 12.0 Å². The first-order valence-corrected chi connectivity index (χ1v) is 13.9. The summed E-state index contributed by atoms with van der Waals surface area (Å²) in [6.45, 7) is 1.40. The van der Waals surface area contributed by atoms with Crippen LogP contribution in [-0.4, -0.2) is 74.2 Å². The fraction of sp³-hybridized carbons (Fsp3) is 0.222. The number of aryl methyl sites for hydroxylation is 1. The number of carbonyl (C=O) groups excluding carboxylic acids is 3. The van der Waals surface area contributed by atoms with Gasteiger partial charge in [-0.25, -0.2) is 9.00 Å². The molecule has 1 fully saturated rings. The number of aromatic nitrogens is 1. The van der Waals surface area contributed by atoms with Crippen molar-refractivity contribution in [1.82, 2.24) is 15.2 Å². The van der Waals surface area contributed by atoms with Gasteiger partial charge in [0, 0.05) is 47.9 Å². The topological polar surface area (TPSA) is 171 Å². The highest BCUT2D eigenvalue weighted by Crippen LogP contribution is 2.15. The van der Waals surface area contributed by atoms with Gasteiger partial charge in [0.1, 0.15) is 6.54 Å². The molecular formula is C27H25N5O7S. The van der Waals surface area contributed by atoms with Crippen molar-refractivity contribution in [3.8, 4) is 11.8 Å². The molecule has 0 aliphatic carbocycles. The van der Waals surface area contributed by atoms with Crippen LogP contribution in [0.4, 0.5) is 10.5 Å². The van der Waals surface area contributed by atoms with E-state index < -0.39 is 34.2 Å². The van der Waals surface area contributed by atoms with Gasteiger partial charge in [0.2, 0.25) is 0 Å². The minimum Gasteiger partial charge on any atom is -0.480 e. The van der Waals surface area contributed by atoms with E-state index in [1.54, 1.807) is 37.3 Å². The molecule has 0 radical (unpaired) electrons. The molecule has 1 aliphatic rings. The first-order chi connectivity index (χ1) is 19.1. The largest absolute Gasteiger partial charge is 0.480 e. The lowest BCUT2D eigenvalue weighted by Gasteiger charge is -2.28. The number of urea groups is 1. The molecule has 4 rings (SSSR count). The number of benzene rings is 1. The summed E-state index contributed by atoms with van der Waals surface area (Å²) >= 11 is 0. The number of anilines is 1. The molecule has 0 spiro atoms. The van der Waals surface area contributed by atoms with Crippen LogP contribution in [-0.2, 0) is 14.5 Å². The number of hydrogen-bond donors (Lipinski definition) is 3. The Morgan fingerprint density at radius 3 is 2.55 bits per heavy atom. The highest BCUT2D eigenvalue weighted by Gasteiger charge is 2.25. The Morgan fingerprint density at radius 2 is 1.85 bits per heavy atom. The van der Waals surface area contributed by atoms with Crippen molar-refractivity contribution in [2.45, 2.75) is 6.92 Å². The van der Waals surface area contributed by atoms with E-state index in [-0.39, 0.29) is 41.8 Å². The summed E-state index contributed by atoms with van der Waals surface area (Å²) in [7, 11) is -2.90. The molecule has 3 heterocycles. The zero-order chi connectivity index (χ0) is 28.7. The number of hydrogen-bond acceptors (Lipinski definition) is 7. The van der Waals surface area contributed by atoms with Gasteiger partial charge in [0.25, 0.3) is 11.8 Å². The van der Waals surface area contributed by atoms with E-state index in [0.29, 0.717) is 16.8 Å².